The van der Waals surface area contributed by atoms with E-state index in [9.17, 15) is 4.39 Å². The van der Waals surface area contributed by atoms with Crippen molar-refractivity contribution in [2.45, 2.75) is 49.8 Å². The highest BCUT2D eigenvalue weighted by Crippen LogP contribution is 2.39. The predicted octanol–water partition coefficient (Wildman–Crippen LogP) is 4.95. The number of thiophene rings is 1. The number of ether oxygens (including phenoxy) is 1. The zero-order chi connectivity index (χ0) is 18.1. The van der Waals surface area contributed by atoms with E-state index in [0.29, 0.717) is 23.3 Å². The molecule has 3 heterocycles. The van der Waals surface area contributed by atoms with Crippen LogP contribution in [0.4, 0.5) is 10.2 Å². The van der Waals surface area contributed by atoms with E-state index in [-0.39, 0.29) is 11.9 Å². The van der Waals surface area contributed by atoms with Crippen molar-refractivity contribution in [1.82, 2.24) is 9.97 Å². The van der Waals surface area contributed by atoms with Crippen LogP contribution in [0, 0.1) is 5.82 Å². The molecule has 136 valence electrons. The summed E-state index contributed by atoms with van der Waals surface area (Å²) in [6, 6.07) is 6.58. The summed E-state index contributed by atoms with van der Waals surface area (Å²) < 4.78 is 19.3. The lowest BCUT2D eigenvalue weighted by Crippen LogP contribution is -2.21. The van der Waals surface area contributed by atoms with Crippen molar-refractivity contribution in [2.75, 3.05) is 5.73 Å². The molecule has 1 aliphatic rings. The van der Waals surface area contributed by atoms with Gasteiger partial charge in [0.15, 0.2) is 5.16 Å². The van der Waals surface area contributed by atoms with Gasteiger partial charge in [0.05, 0.1) is 18.1 Å². The second-order valence-electron chi connectivity index (χ2n) is 6.42. The van der Waals surface area contributed by atoms with Crippen LogP contribution in [0.1, 0.15) is 35.8 Å². The van der Waals surface area contributed by atoms with Crippen LogP contribution in [0.5, 0.6) is 0 Å². The summed E-state index contributed by atoms with van der Waals surface area (Å²) in [5, 5.41) is 1.62. The monoisotopic (exact) mass is 389 g/mol. The van der Waals surface area contributed by atoms with Crippen LogP contribution in [0.2, 0.25) is 0 Å². The van der Waals surface area contributed by atoms with Crippen LogP contribution in [0.3, 0.4) is 0 Å². The summed E-state index contributed by atoms with van der Waals surface area (Å²) in [5.41, 5.74) is 8.44. The van der Waals surface area contributed by atoms with Crippen LogP contribution in [0.15, 0.2) is 29.4 Å². The van der Waals surface area contributed by atoms with E-state index in [1.807, 2.05) is 6.07 Å². The molecule has 1 aromatic carbocycles. The van der Waals surface area contributed by atoms with Gasteiger partial charge in [-0.3, -0.25) is 0 Å². The zero-order valence-electron chi connectivity index (χ0n) is 14.5. The van der Waals surface area contributed by atoms with Gasteiger partial charge in [0.25, 0.3) is 0 Å². The molecule has 4 nitrogen and oxygen atoms in total. The molecule has 0 amide bonds. The van der Waals surface area contributed by atoms with Crippen molar-refractivity contribution < 1.29 is 9.13 Å². The molecule has 0 saturated heterocycles. The van der Waals surface area contributed by atoms with Crippen molar-refractivity contribution in [1.29, 1.82) is 0 Å². The molecule has 3 aromatic rings. The van der Waals surface area contributed by atoms with E-state index in [1.165, 1.54) is 34.3 Å². The normalized spacial score (nSPS) is 16.8. The molecule has 0 spiro atoms. The first-order chi connectivity index (χ1) is 12.6. The Balaban J connectivity index is 1.59. The average molecular weight is 390 g/mol. The number of rotatable bonds is 5. The third-order valence-corrected chi connectivity index (χ3v) is 6.51. The second kappa shape index (κ2) is 7.50. The first kappa shape index (κ1) is 17.7. The van der Waals surface area contributed by atoms with Gasteiger partial charge in [0, 0.05) is 17.1 Å². The number of thioether (sulfide) groups is 1. The SMILES string of the molecule is CCC[C@H]1Cc2c(sc3nc(SCc4cccc(F)c4)nc(N)c23)CO1. The van der Waals surface area contributed by atoms with Gasteiger partial charge in [-0.05, 0) is 29.7 Å². The van der Waals surface area contributed by atoms with E-state index in [1.54, 1.807) is 17.4 Å². The van der Waals surface area contributed by atoms with Crippen molar-refractivity contribution >= 4 is 39.1 Å². The third kappa shape index (κ3) is 3.56. The molecule has 2 N–H and O–H groups in total. The van der Waals surface area contributed by atoms with Crippen LogP contribution in [-0.2, 0) is 23.5 Å². The highest BCUT2D eigenvalue weighted by Gasteiger charge is 2.25. The number of nitrogens with two attached hydrogens (primary N) is 1. The summed E-state index contributed by atoms with van der Waals surface area (Å²) in [4.78, 5) is 11.3. The maximum Gasteiger partial charge on any atom is 0.191 e. The number of aromatic nitrogens is 2. The molecule has 0 fully saturated rings. The largest absolute Gasteiger partial charge is 0.383 e. The lowest BCUT2D eigenvalue weighted by atomic mass is 10.0. The minimum Gasteiger partial charge on any atom is -0.383 e. The molecule has 0 saturated carbocycles. The second-order valence-corrected chi connectivity index (χ2v) is 8.45. The molecule has 0 bridgehead atoms. The van der Waals surface area contributed by atoms with Crippen LogP contribution in [-0.4, -0.2) is 16.1 Å². The standard InChI is InChI=1S/C19H20FN3OS2/c1-2-4-13-8-14-15(9-24-13)26-18-16(14)17(21)22-19(23-18)25-10-11-5-3-6-12(20)7-11/h3,5-7,13H,2,4,8-10H2,1H3,(H2,21,22,23)/t13-/m0/s1. The van der Waals surface area contributed by atoms with Crippen LogP contribution < -0.4 is 5.73 Å². The number of hydrogen-bond donors (Lipinski definition) is 1. The highest BCUT2D eigenvalue weighted by molar-refractivity contribution is 7.98. The lowest BCUT2D eigenvalue weighted by molar-refractivity contribution is 0.0254. The summed E-state index contributed by atoms with van der Waals surface area (Å²) in [5.74, 6) is 0.910. The van der Waals surface area contributed by atoms with Gasteiger partial charge in [-0.15, -0.1) is 11.3 Å². The minimum absolute atomic E-state index is 0.230. The number of anilines is 1. The summed E-state index contributed by atoms with van der Waals surface area (Å²) in [7, 11) is 0. The molecule has 4 rings (SSSR count). The molecular weight excluding hydrogens is 369 g/mol. The highest BCUT2D eigenvalue weighted by atomic mass is 32.2. The fraction of sp³-hybridized carbons (Fsp3) is 0.368. The molecule has 2 aromatic heterocycles. The van der Waals surface area contributed by atoms with Crippen molar-refractivity contribution in [2.24, 2.45) is 0 Å². The number of nitrogens with zero attached hydrogens (tertiary/aromatic N) is 2. The molecule has 1 aliphatic heterocycles. The van der Waals surface area contributed by atoms with Gasteiger partial charge >= 0.3 is 0 Å². The number of fused-ring (bicyclic) bond motifs is 3. The number of halogens is 1. The van der Waals surface area contributed by atoms with Gasteiger partial charge in [-0.1, -0.05) is 37.2 Å². The van der Waals surface area contributed by atoms with E-state index in [4.69, 9.17) is 15.5 Å². The quantitative estimate of drug-likeness (QED) is 0.494. The Bertz CT molecular complexity index is 944. The predicted molar refractivity (Wildman–Crippen MR) is 105 cm³/mol. The van der Waals surface area contributed by atoms with Gasteiger partial charge in [-0.25, -0.2) is 14.4 Å². The molecule has 0 unspecified atom stereocenters. The Morgan fingerprint density at radius 3 is 3.08 bits per heavy atom. The summed E-state index contributed by atoms with van der Waals surface area (Å²) >= 11 is 3.12. The van der Waals surface area contributed by atoms with Gasteiger partial charge < -0.3 is 10.5 Å². The Morgan fingerprint density at radius 2 is 2.27 bits per heavy atom. The fourth-order valence-corrected chi connectivity index (χ4v) is 5.25. The molecule has 7 heteroatoms. The van der Waals surface area contributed by atoms with Gasteiger partial charge in [-0.2, -0.15) is 0 Å². The molecule has 26 heavy (non-hydrogen) atoms. The van der Waals surface area contributed by atoms with Crippen molar-refractivity contribution in [3.8, 4) is 0 Å². The molecule has 0 radical (unpaired) electrons. The first-order valence-corrected chi connectivity index (χ1v) is 10.5. The van der Waals surface area contributed by atoms with Crippen molar-refractivity contribution in [3.05, 3.63) is 46.1 Å². The number of hydrogen-bond acceptors (Lipinski definition) is 6. The summed E-state index contributed by atoms with van der Waals surface area (Å²) in [6.07, 6.45) is 3.30. The van der Waals surface area contributed by atoms with Crippen LogP contribution in [0.25, 0.3) is 10.2 Å². The van der Waals surface area contributed by atoms with E-state index >= 15 is 0 Å². The molecule has 0 aliphatic carbocycles. The molecular formula is C19H20FN3OS2. The maximum absolute atomic E-state index is 13.3. The van der Waals surface area contributed by atoms with Crippen molar-refractivity contribution in [3.63, 3.8) is 0 Å². The Labute approximate surface area is 160 Å². The third-order valence-electron chi connectivity index (χ3n) is 4.49. The maximum atomic E-state index is 13.3. The Kier molecular flexibility index (Phi) is 5.11. The average Bonchev–Trinajstić information content (AvgIpc) is 2.98. The lowest BCUT2D eigenvalue weighted by Gasteiger charge is -2.22. The van der Waals surface area contributed by atoms with Crippen LogP contribution >= 0.6 is 23.1 Å². The summed E-state index contributed by atoms with van der Waals surface area (Å²) in [6.45, 7) is 2.80. The molecule has 1 atom stereocenters. The van der Waals surface area contributed by atoms with E-state index in [0.717, 1.165) is 35.0 Å². The minimum atomic E-state index is -0.230. The topological polar surface area (TPSA) is 61.0 Å². The first-order valence-electron chi connectivity index (χ1n) is 8.70. The van der Waals surface area contributed by atoms with Gasteiger partial charge in [0.2, 0.25) is 0 Å². The fourth-order valence-electron chi connectivity index (χ4n) is 3.27. The van der Waals surface area contributed by atoms with E-state index < -0.39 is 0 Å². The Morgan fingerprint density at radius 1 is 1.38 bits per heavy atom. The number of nitrogen functional groups attached to an aromatic ring is 1. The zero-order valence-corrected chi connectivity index (χ0v) is 16.1. The smallest absolute Gasteiger partial charge is 0.191 e. The van der Waals surface area contributed by atoms with E-state index in [2.05, 4.69) is 11.9 Å². The van der Waals surface area contributed by atoms with Gasteiger partial charge in [0.1, 0.15) is 16.5 Å². The number of benzene rings is 1. The Hall–Kier alpha value is -1.70.